The molecule has 0 aromatic heterocycles. The topological polar surface area (TPSA) is 52.3 Å². The Morgan fingerprint density at radius 3 is 2.18 bits per heavy atom. The standard InChI is InChI=1S/C13H19NO2.ClH/c1-8-5-9(2)11(10(3)6-8)7-12(14)13(15)16-4;/h5-6,12H,7,14H2,1-4H3;1H. The highest BCUT2D eigenvalue weighted by molar-refractivity contribution is 5.85. The zero-order chi connectivity index (χ0) is 12.3. The molecule has 0 saturated heterocycles. The number of methoxy groups -OCH3 is 1. The molecule has 0 spiro atoms. The third kappa shape index (κ3) is 4.02. The molecule has 0 aliphatic carbocycles. The van der Waals surface area contributed by atoms with Gasteiger partial charge in [0.25, 0.3) is 0 Å². The number of carbonyl (C=O) groups is 1. The lowest BCUT2D eigenvalue weighted by molar-refractivity contribution is -0.142. The molecule has 2 N–H and O–H groups in total. The van der Waals surface area contributed by atoms with Crippen molar-refractivity contribution in [3.63, 3.8) is 0 Å². The van der Waals surface area contributed by atoms with Gasteiger partial charge in [-0.05, 0) is 43.9 Å². The van der Waals surface area contributed by atoms with Crippen molar-refractivity contribution in [2.24, 2.45) is 5.73 Å². The molecule has 0 amide bonds. The Labute approximate surface area is 109 Å². The van der Waals surface area contributed by atoms with Crippen molar-refractivity contribution in [1.29, 1.82) is 0 Å². The predicted molar refractivity (Wildman–Crippen MR) is 71.6 cm³/mol. The van der Waals surface area contributed by atoms with Gasteiger partial charge < -0.3 is 10.5 Å². The predicted octanol–water partition coefficient (Wildman–Crippen LogP) is 2.08. The zero-order valence-corrected chi connectivity index (χ0v) is 11.6. The van der Waals surface area contributed by atoms with Gasteiger partial charge in [0.1, 0.15) is 6.04 Å². The van der Waals surface area contributed by atoms with Crippen molar-refractivity contribution in [2.75, 3.05) is 7.11 Å². The summed E-state index contributed by atoms with van der Waals surface area (Å²) in [5.41, 5.74) is 10.5. The molecule has 0 bridgehead atoms. The van der Waals surface area contributed by atoms with Gasteiger partial charge in [-0.1, -0.05) is 17.7 Å². The monoisotopic (exact) mass is 257 g/mol. The molecule has 17 heavy (non-hydrogen) atoms. The highest BCUT2D eigenvalue weighted by Crippen LogP contribution is 2.17. The Kier molecular flexibility index (Phi) is 6.21. The molecule has 0 aliphatic rings. The summed E-state index contributed by atoms with van der Waals surface area (Å²) in [6.07, 6.45) is 0.532. The lowest BCUT2D eigenvalue weighted by Gasteiger charge is -2.14. The third-order valence-corrected chi connectivity index (χ3v) is 2.77. The molecule has 96 valence electrons. The first kappa shape index (κ1) is 15.9. The Bertz CT molecular complexity index is 381. The van der Waals surface area contributed by atoms with E-state index in [1.165, 1.54) is 23.8 Å². The summed E-state index contributed by atoms with van der Waals surface area (Å²) in [6, 6.07) is 3.63. The first-order valence-electron chi connectivity index (χ1n) is 5.36. The van der Waals surface area contributed by atoms with Crippen LogP contribution in [-0.2, 0) is 16.0 Å². The molecule has 4 heteroatoms. The van der Waals surface area contributed by atoms with Crippen LogP contribution in [0.1, 0.15) is 22.3 Å². The van der Waals surface area contributed by atoms with Crippen molar-refractivity contribution in [1.82, 2.24) is 0 Å². The maximum Gasteiger partial charge on any atom is 0.322 e. The number of hydrogen-bond donors (Lipinski definition) is 1. The van der Waals surface area contributed by atoms with Crippen molar-refractivity contribution >= 4 is 18.4 Å². The largest absolute Gasteiger partial charge is 0.468 e. The van der Waals surface area contributed by atoms with Crippen LogP contribution in [0.4, 0.5) is 0 Å². The van der Waals surface area contributed by atoms with E-state index >= 15 is 0 Å². The van der Waals surface area contributed by atoms with E-state index in [1.807, 2.05) is 13.8 Å². The Balaban J connectivity index is 0.00000256. The first-order valence-corrected chi connectivity index (χ1v) is 5.36. The second-order valence-electron chi connectivity index (χ2n) is 4.21. The van der Waals surface area contributed by atoms with Crippen LogP contribution in [0.3, 0.4) is 0 Å². The Morgan fingerprint density at radius 1 is 1.29 bits per heavy atom. The number of hydrogen-bond acceptors (Lipinski definition) is 3. The number of benzene rings is 1. The second-order valence-corrected chi connectivity index (χ2v) is 4.21. The highest BCUT2D eigenvalue weighted by atomic mass is 35.5. The van der Waals surface area contributed by atoms with E-state index < -0.39 is 6.04 Å². The summed E-state index contributed by atoms with van der Waals surface area (Å²) in [7, 11) is 1.36. The van der Waals surface area contributed by atoms with Gasteiger partial charge in [-0.3, -0.25) is 4.79 Å². The van der Waals surface area contributed by atoms with Crippen LogP contribution >= 0.6 is 12.4 Å². The molecule has 1 aromatic rings. The van der Waals surface area contributed by atoms with E-state index in [0.717, 1.165) is 5.56 Å². The number of ether oxygens (including phenoxy) is 1. The van der Waals surface area contributed by atoms with E-state index in [-0.39, 0.29) is 18.4 Å². The van der Waals surface area contributed by atoms with E-state index in [4.69, 9.17) is 5.73 Å². The minimum Gasteiger partial charge on any atom is -0.468 e. The van der Waals surface area contributed by atoms with Crippen LogP contribution in [0.2, 0.25) is 0 Å². The van der Waals surface area contributed by atoms with Crippen molar-refractivity contribution in [3.8, 4) is 0 Å². The number of esters is 1. The molecule has 0 saturated carbocycles. The summed E-state index contributed by atoms with van der Waals surface area (Å²) in [5, 5.41) is 0. The molecule has 1 unspecified atom stereocenters. The molecule has 3 nitrogen and oxygen atoms in total. The van der Waals surface area contributed by atoms with Gasteiger partial charge in [0.2, 0.25) is 0 Å². The number of aryl methyl sites for hydroxylation is 3. The van der Waals surface area contributed by atoms with Crippen LogP contribution < -0.4 is 5.73 Å². The van der Waals surface area contributed by atoms with Crippen molar-refractivity contribution in [2.45, 2.75) is 33.2 Å². The molecular formula is C13H20ClNO2. The number of nitrogens with two attached hydrogens (primary N) is 1. The number of carbonyl (C=O) groups excluding carboxylic acids is 1. The fourth-order valence-electron chi connectivity index (χ4n) is 1.99. The molecule has 0 radical (unpaired) electrons. The molecule has 0 heterocycles. The molecule has 0 aliphatic heterocycles. The van der Waals surface area contributed by atoms with Crippen molar-refractivity contribution in [3.05, 3.63) is 34.4 Å². The summed E-state index contributed by atoms with van der Waals surface area (Å²) < 4.78 is 4.62. The van der Waals surface area contributed by atoms with Gasteiger partial charge in [0, 0.05) is 0 Å². The zero-order valence-electron chi connectivity index (χ0n) is 10.7. The quantitative estimate of drug-likeness (QED) is 0.844. The fraction of sp³-hybridized carbons (Fsp3) is 0.462. The number of halogens is 1. The first-order chi connectivity index (χ1) is 7.45. The normalized spacial score (nSPS) is 11.6. The smallest absolute Gasteiger partial charge is 0.322 e. The van der Waals surface area contributed by atoms with Crippen LogP contribution in [0.5, 0.6) is 0 Å². The van der Waals surface area contributed by atoms with Gasteiger partial charge in [0.15, 0.2) is 0 Å². The summed E-state index contributed by atoms with van der Waals surface area (Å²) in [4.78, 5) is 11.3. The van der Waals surface area contributed by atoms with E-state index in [0.29, 0.717) is 6.42 Å². The Morgan fingerprint density at radius 2 is 1.76 bits per heavy atom. The Hall–Kier alpha value is -1.06. The summed E-state index contributed by atoms with van der Waals surface area (Å²) >= 11 is 0. The second kappa shape index (κ2) is 6.62. The average molecular weight is 258 g/mol. The van der Waals surface area contributed by atoms with E-state index in [9.17, 15) is 4.79 Å². The molecule has 1 atom stereocenters. The van der Waals surface area contributed by atoms with E-state index in [2.05, 4.69) is 23.8 Å². The van der Waals surface area contributed by atoms with Gasteiger partial charge >= 0.3 is 5.97 Å². The molecule has 1 rings (SSSR count). The third-order valence-electron chi connectivity index (χ3n) is 2.77. The number of rotatable bonds is 3. The van der Waals surface area contributed by atoms with Gasteiger partial charge in [-0.15, -0.1) is 12.4 Å². The van der Waals surface area contributed by atoms with Crippen LogP contribution in [0, 0.1) is 20.8 Å². The van der Waals surface area contributed by atoms with Gasteiger partial charge in [-0.2, -0.15) is 0 Å². The van der Waals surface area contributed by atoms with Gasteiger partial charge in [0.05, 0.1) is 7.11 Å². The van der Waals surface area contributed by atoms with Crippen LogP contribution in [0.25, 0.3) is 0 Å². The lowest BCUT2D eigenvalue weighted by Crippen LogP contribution is -2.34. The molecule has 0 fully saturated rings. The maximum atomic E-state index is 11.3. The van der Waals surface area contributed by atoms with Crippen molar-refractivity contribution < 1.29 is 9.53 Å². The lowest BCUT2D eigenvalue weighted by atomic mass is 9.95. The minimum atomic E-state index is -0.579. The fourth-order valence-corrected chi connectivity index (χ4v) is 1.99. The SMILES string of the molecule is COC(=O)C(N)Cc1c(C)cc(C)cc1C.Cl. The van der Waals surface area contributed by atoms with Crippen LogP contribution in [0.15, 0.2) is 12.1 Å². The maximum absolute atomic E-state index is 11.3. The molecular weight excluding hydrogens is 238 g/mol. The summed E-state index contributed by atoms with van der Waals surface area (Å²) in [5.74, 6) is -0.362. The minimum absolute atomic E-state index is 0. The van der Waals surface area contributed by atoms with Crippen LogP contribution in [-0.4, -0.2) is 19.1 Å². The average Bonchev–Trinajstić information content (AvgIpc) is 2.21. The van der Waals surface area contributed by atoms with Gasteiger partial charge in [-0.25, -0.2) is 0 Å². The van der Waals surface area contributed by atoms with E-state index in [1.54, 1.807) is 0 Å². The molecule has 1 aromatic carbocycles. The highest BCUT2D eigenvalue weighted by Gasteiger charge is 2.16. The summed E-state index contributed by atoms with van der Waals surface area (Å²) in [6.45, 7) is 6.14.